The fraction of sp³-hybridized carbons (Fsp3) is 0.400. The molecule has 37 heavy (non-hydrogen) atoms. The van der Waals surface area contributed by atoms with E-state index in [9.17, 15) is 28.1 Å². The van der Waals surface area contributed by atoms with Gasteiger partial charge in [0.25, 0.3) is 0 Å². The van der Waals surface area contributed by atoms with E-state index in [1.807, 2.05) is 0 Å². The number of carboxylic acid groups (broad SMARTS) is 3. The van der Waals surface area contributed by atoms with Crippen LogP contribution in [0.1, 0.15) is 32.1 Å². The molecule has 0 aromatic rings. The molecular formula is C15H28NO18P3. The van der Waals surface area contributed by atoms with Crippen molar-refractivity contribution in [3.05, 3.63) is 37.0 Å². The van der Waals surface area contributed by atoms with Crippen molar-refractivity contribution >= 4 is 41.4 Å². The van der Waals surface area contributed by atoms with Gasteiger partial charge in [0.15, 0.2) is 0 Å². The number of hydrogen-bond donors (Lipinski definition) is 10. The van der Waals surface area contributed by atoms with Crippen molar-refractivity contribution in [3.8, 4) is 0 Å². The Balaban J connectivity index is -0.000000419. The van der Waals surface area contributed by atoms with Gasteiger partial charge in [0.05, 0.1) is 0 Å². The van der Waals surface area contributed by atoms with Gasteiger partial charge >= 0.3 is 41.4 Å². The number of hydrogen-bond acceptors (Lipinski definition) is 10. The first-order chi connectivity index (χ1) is 16.4. The zero-order valence-electron chi connectivity index (χ0n) is 18.9. The van der Waals surface area contributed by atoms with Gasteiger partial charge in [0.1, 0.15) is 0 Å². The first-order valence-electron chi connectivity index (χ1n) is 9.15. The number of phosphoric acid groups is 3. The van der Waals surface area contributed by atoms with Gasteiger partial charge in [-0.15, -0.1) is 0 Å². The van der Waals surface area contributed by atoms with Crippen molar-refractivity contribution in [2.75, 3.05) is 0 Å². The lowest BCUT2D eigenvalue weighted by molar-refractivity contribution is -0.136. The number of aliphatic carboxylic acids is 3. The second-order valence-corrected chi connectivity index (χ2v) is 9.82. The number of rotatable bonds is 9. The van der Waals surface area contributed by atoms with E-state index < -0.39 is 58.7 Å². The van der Waals surface area contributed by atoms with E-state index in [0.29, 0.717) is 6.04 Å². The topological polar surface area (TPSA) is 338 Å². The standard InChI is InChI=1S/C6H13N.3C3H5O6P/c7-6-4-2-1-3-5-6;3*1-2(3(4)5)9-10(6,7)8/h6H,1-5,7H2;3*1H2,(H,4,5)(H2,6,7,8). The Bertz CT molecular complexity index is 844. The molecule has 0 aromatic carbocycles. The average molecular weight is 603 g/mol. The first-order valence-corrected chi connectivity index (χ1v) is 13.7. The summed E-state index contributed by atoms with van der Waals surface area (Å²) in [4.78, 5) is 77.4. The summed E-state index contributed by atoms with van der Waals surface area (Å²) in [6, 6.07) is 0.536. The van der Waals surface area contributed by atoms with E-state index in [-0.39, 0.29) is 0 Å². The Morgan fingerprint density at radius 3 is 0.892 bits per heavy atom. The normalized spacial score (nSPS) is 13.4. The van der Waals surface area contributed by atoms with Crippen LogP contribution in [0.15, 0.2) is 37.0 Å². The van der Waals surface area contributed by atoms with Gasteiger partial charge in [-0.05, 0) is 32.6 Å². The second kappa shape index (κ2) is 17.8. The molecular weight excluding hydrogens is 575 g/mol. The number of carbonyl (C=O) groups is 3. The molecule has 22 heteroatoms. The third kappa shape index (κ3) is 31.4. The van der Waals surface area contributed by atoms with Gasteiger partial charge in [0.2, 0.25) is 17.3 Å². The molecule has 0 spiro atoms. The summed E-state index contributed by atoms with van der Waals surface area (Å²) in [6.45, 7) is 8.18. The Labute approximate surface area is 209 Å². The van der Waals surface area contributed by atoms with E-state index in [1.54, 1.807) is 0 Å². The first kappa shape index (κ1) is 39.0. The highest BCUT2D eigenvalue weighted by Crippen LogP contribution is 2.39. The van der Waals surface area contributed by atoms with E-state index in [1.165, 1.54) is 32.1 Å². The van der Waals surface area contributed by atoms with Gasteiger partial charge in [-0.2, -0.15) is 0 Å². The number of phosphoric ester groups is 3. The molecule has 0 radical (unpaired) electrons. The van der Waals surface area contributed by atoms with E-state index in [4.69, 9.17) is 50.4 Å². The zero-order valence-corrected chi connectivity index (χ0v) is 21.5. The molecule has 1 aliphatic rings. The van der Waals surface area contributed by atoms with Gasteiger partial charge in [-0.1, -0.05) is 19.3 Å². The molecule has 0 atom stereocenters. The predicted molar refractivity (Wildman–Crippen MR) is 121 cm³/mol. The lowest BCUT2D eigenvalue weighted by Gasteiger charge is -2.15. The van der Waals surface area contributed by atoms with Crippen LogP contribution in [0.2, 0.25) is 0 Å². The minimum atomic E-state index is -4.76. The second-order valence-electron chi connectivity index (χ2n) is 6.33. The van der Waals surface area contributed by atoms with Gasteiger partial charge in [-0.3, -0.25) is 29.4 Å². The van der Waals surface area contributed by atoms with E-state index in [0.717, 1.165) is 0 Å². The molecule has 1 aliphatic carbocycles. The van der Waals surface area contributed by atoms with Crippen LogP contribution < -0.4 is 5.73 Å². The number of nitrogens with two attached hydrogens (primary N) is 1. The minimum Gasteiger partial charge on any atom is -0.475 e. The van der Waals surface area contributed by atoms with Crippen LogP contribution in [0, 0.1) is 0 Å². The summed E-state index contributed by atoms with van der Waals surface area (Å²) in [7, 11) is -14.3. The molecule has 1 rings (SSSR count). The fourth-order valence-corrected chi connectivity index (χ4v) is 2.78. The quantitative estimate of drug-likeness (QED) is 0.0965. The number of carboxylic acids is 3. The van der Waals surface area contributed by atoms with E-state index in [2.05, 4.69) is 33.3 Å². The highest BCUT2D eigenvalue weighted by molar-refractivity contribution is 7.47. The maximum absolute atomic E-state index is 9.89. The summed E-state index contributed by atoms with van der Waals surface area (Å²) in [6.07, 6.45) is 6.66. The third-order valence-electron chi connectivity index (χ3n) is 3.05. The lowest BCUT2D eigenvalue weighted by atomic mass is 9.97. The molecule has 1 fully saturated rings. The molecule has 0 aliphatic heterocycles. The zero-order chi connectivity index (χ0) is 30.2. The van der Waals surface area contributed by atoms with Crippen LogP contribution in [0.25, 0.3) is 0 Å². The maximum atomic E-state index is 9.89. The largest absolute Gasteiger partial charge is 0.525 e. The Morgan fingerprint density at radius 1 is 0.595 bits per heavy atom. The molecule has 19 nitrogen and oxygen atoms in total. The van der Waals surface area contributed by atoms with Crippen LogP contribution >= 0.6 is 23.5 Å². The summed E-state index contributed by atoms with van der Waals surface area (Å²) in [5.41, 5.74) is 5.63. The molecule has 0 heterocycles. The van der Waals surface area contributed by atoms with Gasteiger partial charge in [0, 0.05) is 6.04 Å². The average Bonchev–Trinajstić information content (AvgIpc) is 2.66. The van der Waals surface area contributed by atoms with Crippen molar-refractivity contribution in [1.29, 1.82) is 0 Å². The van der Waals surface area contributed by atoms with Crippen LogP contribution in [-0.4, -0.2) is 68.6 Å². The Kier molecular flexibility index (Phi) is 18.8. The van der Waals surface area contributed by atoms with Crippen molar-refractivity contribution in [3.63, 3.8) is 0 Å². The highest BCUT2D eigenvalue weighted by Gasteiger charge is 2.21. The minimum absolute atomic E-state index is 0.536. The van der Waals surface area contributed by atoms with Crippen molar-refractivity contribution in [2.24, 2.45) is 5.73 Å². The van der Waals surface area contributed by atoms with Crippen LogP contribution in [0.3, 0.4) is 0 Å². The van der Waals surface area contributed by atoms with Crippen molar-refractivity contribution in [1.82, 2.24) is 0 Å². The molecule has 0 amide bonds. The summed E-state index contributed by atoms with van der Waals surface area (Å²) in [5, 5.41) is 23.9. The lowest BCUT2D eigenvalue weighted by Crippen LogP contribution is -2.22. The molecule has 0 unspecified atom stereocenters. The van der Waals surface area contributed by atoms with Crippen LogP contribution in [0.5, 0.6) is 0 Å². The molecule has 1 saturated carbocycles. The van der Waals surface area contributed by atoms with Crippen LogP contribution in [0.4, 0.5) is 0 Å². The summed E-state index contributed by atoms with van der Waals surface area (Å²) < 4.78 is 40.4. The molecule has 216 valence electrons. The Hall–Kier alpha value is -2.56. The van der Waals surface area contributed by atoms with Gasteiger partial charge in [-0.25, -0.2) is 28.1 Å². The van der Waals surface area contributed by atoms with Crippen molar-refractivity contribution < 1.29 is 86.3 Å². The van der Waals surface area contributed by atoms with E-state index >= 15 is 0 Å². The van der Waals surface area contributed by atoms with Crippen LogP contribution in [-0.2, 0) is 41.6 Å². The summed E-state index contributed by atoms with van der Waals surface area (Å²) in [5.74, 6) is -7.76. The monoisotopic (exact) mass is 603 g/mol. The molecule has 0 bridgehead atoms. The van der Waals surface area contributed by atoms with Gasteiger partial charge < -0.3 is 34.6 Å². The SMILES string of the molecule is C=C(OP(=O)(O)O)C(=O)O.C=C(OP(=O)(O)O)C(=O)O.C=C(OP(=O)(O)O)C(=O)O.NC1CCCCC1. The van der Waals surface area contributed by atoms with Crippen molar-refractivity contribution in [2.45, 2.75) is 38.1 Å². The summed E-state index contributed by atoms with van der Waals surface area (Å²) >= 11 is 0. The molecule has 0 aromatic heterocycles. The molecule has 0 saturated heterocycles. The fourth-order valence-electron chi connectivity index (χ4n) is 1.68. The Morgan fingerprint density at radius 2 is 0.811 bits per heavy atom. The molecule has 11 N–H and O–H groups in total. The highest BCUT2D eigenvalue weighted by atomic mass is 31.2. The maximum Gasteiger partial charge on any atom is 0.525 e. The third-order valence-corrected chi connectivity index (χ3v) is 4.43. The predicted octanol–water partition coefficient (Wildman–Crippen LogP) is 0.360. The smallest absolute Gasteiger partial charge is 0.475 e.